The molecule has 0 spiro atoms. The zero-order valence-corrected chi connectivity index (χ0v) is 20.8. The van der Waals surface area contributed by atoms with Gasteiger partial charge in [0.05, 0.1) is 11.2 Å². The van der Waals surface area contributed by atoms with Crippen molar-refractivity contribution in [1.29, 1.82) is 0 Å². The molecule has 5 heteroatoms. The van der Waals surface area contributed by atoms with E-state index in [-0.39, 0.29) is 0 Å². The lowest BCUT2D eigenvalue weighted by Gasteiger charge is -2.22. The number of fused-ring (bicyclic) bond motifs is 6. The van der Waals surface area contributed by atoms with Crippen molar-refractivity contribution in [2.75, 3.05) is 0 Å². The van der Waals surface area contributed by atoms with Crippen LogP contribution in [0.1, 0.15) is 0 Å². The van der Waals surface area contributed by atoms with E-state index in [1.807, 2.05) is 91.0 Å². The molecular weight excluding hydrogens is 482 g/mol. The molecule has 0 unspecified atom stereocenters. The van der Waals surface area contributed by atoms with E-state index in [2.05, 4.69) is 41.0 Å². The Labute approximate surface area is 224 Å². The summed E-state index contributed by atoms with van der Waals surface area (Å²) >= 11 is 0. The normalized spacial score (nSPS) is 12.0. The van der Waals surface area contributed by atoms with Crippen LogP contribution in [-0.2, 0) is 0 Å². The predicted molar refractivity (Wildman–Crippen MR) is 154 cm³/mol. The van der Waals surface area contributed by atoms with Gasteiger partial charge in [-0.1, -0.05) is 91.0 Å². The number of rotatable bonds is 3. The highest BCUT2D eigenvalue weighted by Gasteiger charge is 2.26. The van der Waals surface area contributed by atoms with Crippen LogP contribution in [0, 0.1) is 0 Å². The molecule has 39 heavy (non-hydrogen) atoms. The summed E-state index contributed by atoms with van der Waals surface area (Å²) in [4.78, 5) is 10.1. The van der Waals surface area contributed by atoms with Crippen LogP contribution in [0.25, 0.3) is 50.3 Å². The Morgan fingerprint density at radius 1 is 0.513 bits per heavy atom. The third kappa shape index (κ3) is 3.48. The smallest absolute Gasteiger partial charge is 0.194 e. The van der Waals surface area contributed by atoms with Gasteiger partial charge in [-0.2, -0.15) is 0 Å². The first-order valence-electron chi connectivity index (χ1n) is 12.8. The summed E-state index contributed by atoms with van der Waals surface area (Å²) in [5.74, 6) is 4.14. The summed E-state index contributed by atoms with van der Waals surface area (Å²) in [6.45, 7) is 0. The van der Waals surface area contributed by atoms with E-state index in [1.165, 1.54) is 0 Å². The Hall–Kier alpha value is -5.42. The van der Waals surface area contributed by atoms with E-state index in [0.717, 1.165) is 44.4 Å². The monoisotopic (exact) mass is 503 g/mol. The van der Waals surface area contributed by atoms with E-state index >= 15 is 0 Å². The molecule has 3 heterocycles. The maximum absolute atomic E-state index is 6.52. The second kappa shape index (κ2) is 8.57. The van der Waals surface area contributed by atoms with Crippen LogP contribution in [0.15, 0.2) is 127 Å². The maximum Gasteiger partial charge on any atom is 0.194 e. The van der Waals surface area contributed by atoms with Gasteiger partial charge in [-0.25, -0.2) is 9.97 Å². The van der Waals surface area contributed by atoms with Gasteiger partial charge in [0.15, 0.2) is 28.8 Å². The molecule has 7 aromatic rings. The van der Waals surface area contributed by atoms with Crippen molar-refractivity contribution in [1.82, 2.24) is 14.5 Å². The van der Waals surface area contributed by atoms with Gasteiger partial charge in [0.25, 0.3) is 0 Å². The first kappa shape index (κ1) is 21.6. The Kier molecular flexibility index (Phi) is 4.76. The summed E-state index contributed by atoms with van der Waals surface area (Å²) in [5.41, 5.74) is 4.75. The highest BCUT2D eigenvalue weighted by atomic mass is 16.6. The second-order valence-corrected chi connectivity index (χ2v) is 9.46. The van der Waals surface area contributed by atoms with Gasteiger partial charge in [-0.05, 0) is 30.3 Å². The largest absolute Gasteiger partial charge is 0.449 e. The van der Waals surface area contributed by atoms with Crippen molar-refractivity contribution in [2.45, 2.75) is 0 Å². The van der Waals surface area contributed by atoms with E-state index in [1.54, 1.807) is 0 Å². The fourth-order valence-electron chi connectivity index (χ4n) is 5.30. The minimum Gasteiger partial charge on any atom is -0.449 e. The molecule has 2 aromatic heterocycles. The van der Waals surface area contributed by atoms with E-state index in [9.17, 15) is 0 Å². The topological polar surface area (TPSA) is 49.2 Å². The number of para-hydroxylation sites is 3. The zero-order chi connectivity index (χ0) is 25.8. The van der Waals surface area contributed by atoms with Crippen LogP contribution in [0.3, 0.4) is 0 Å². The lowest BCUT2D eigenvalue weighted by atomic mass is 10.1. The number of benzene rings is 5. The number of nitrogens with zero attached hydrogens (tertiary/aromatic N) is 3. The van der Waals surface area contributed by atoms with Crippen molar-refractivity contribution in [3.63, 3.8) is 0 Å². The molecule has 0 N–H and O–H groups in total. The number of hydrogen-bond donors (Lipinski definition) is 0. The number of hydrogen-bond acceptors (Lipinski definition) is 4. The lowest BCUT2D eigenvalue weighted by Crippen LogP contribution is -2.05. The van der Waals surface area contributed by atoms with Crippen molar-refractivity contribution < 1.29 is 9.47 Å². The van der Waals surface area contributed by atoms with Crippen molar-refractivity contribution in [3.05, 3.63) is 127 Å². The molecule has 0 saturated carbocycles. The molecule has 0 aliphatic carbocycles. The average molecular weight is 504 g/mol. The van der Waals surface area contributed by atoms with Gasteiger partial charge in [0.2, 0.25) is 0 Å². The molecule has 5 aromatic carbocycles. The average Bonchev–Trinajstić information content (AvgIpc) is 3.36. The minimum atomic E-state index is 0.658. The molecule has 0 amide bonds. The molecule has 0 radical (unpaired) electrons. The van der Waals surface area contributed by atoms with Crippen molar-refractivity contribution in [2.24, 2.45) is 0 Å². The minimum absolute atomic E-state index is 0.658. The first-order valence-corrected chi connectivity index (χ1v) is 12.8. The van der Waals surface area contributed by atoms with Crippen molar-refractivity contribution >= 4 is 21.8 Å². The predicted octanol–water partition coefficient (Wildman–Crippen LogP) is 8.81. The molecular formula is C34H21N3O2. The maximum atomic E-state index is 6.52. The quantitative estimate of drug-likeness (QED) is 0.242. The second-order valence-electron chi connectivity index (χ2n) is 9.46. The number of aromatic nitrogens is 3. The van der Waals surface area contributed by atoms with E-state index in [0.29, 0.717) is 28.8 Å². The summed E-state index contributed by atoms with van der Waals surface area (Å²) < 4.78 is 15.0. The van der Waals surface area contributed by atoms with E-state index in [4.69, 9.17) is 19.4 Å². The van der Waals surface area contributed by atoms with Gasteiger partial charge in [-0.3, -0.25) is 4.57 Å². The first-order chi connectivity index (χ1) is 19.3. The third-order valence-electron chi connectivity index (χ3n) is 7.08. The summed E-state index contributed by atoms with van der Waals surface area (Å²) in [6.07, 6.45) is 0. The lowest BCUT2D eigenvalue weighted by molar-refractivity contribution is 0.362. The molecule has 0 atom stereocenters. The zero-order valence-electron chi connectivity index (χ0n) is 20.8. The van der Waals surface area contributed by atoms with Crippen LogP contribution in [0.4, 0.5) is 0 Å². The SMILES string of the molecule is c1ccc(-c2cc(-n3c4ccccc4c4ccc5c(c43)Oc3ccccc3O5)nc(-c3ccccc3)n2)cc1. The van der Waals surface area contributed by atoms with Crippen LogP contribution < -0.4 is 9.47 Å². The van der Waals surface area contributed by atoms with Gasteiger partial charge in [0, 0.05) is 28.0 Å². The Bertz CT molecular complexity index is 1960. The van der Waals surface area contributed by atoms with Crippen LogP contribution in [-0.4, -0.2) is 14.5 Å². The molecule has 8 rings (SSSR count). The number of ether oxygens (including phenoxy) is 2. The summed E-state index contributed by atoms with van der Waals surface area (Å²) in [7, 11) is 0. The standard InChI is InChI=1S/C34H21N3O2/c1-3-11-22(12-4-1)26-21-31(36-34(35-26)23-13-5-2-6-14-23)37-27-16-8-7-15-24(27)25-19-20-30-33(32(25)37)39-29-18-10-9-17-28(29)38-30/h1-21H. The summed E-state index contributed by atoms with van der Waals surface area (Å²) in [5, 5.41) is 2.17. The third-order valence-corrected chi connectivity index (χ3v) is 7.08. The van der Waals surface area contributed by atoms with Gasteiger partial charge in [-0.15, -0.1) is 0 Å². The summed E-state index contributed by atoms with van der Waals surface area (Å²) in [6, 6.07) is 42.5. The molecule has 0 fully saturated rings. The fraction of sp³-hybridized carbons (Fsp3) is 0. The highest BCUT2D eigenvalue weighted by molar-refractivity contribution is 6.12. The Morgan fingerprint density at radius 2 is 1.18 bits per heavy atom. The van der Waals surface area contributed by atoms with Gasteiger partial charge < -0.3 is 9.47 Å². The highest BCUT2D eigenvalue weighted by Crippen LogP contribution is 2.50. The molecule has 5 nitrogen and oxygen atoms in total. The Balaban J connectivity index is 1.46. The van der Waals surface area contributed by atoms with Gasteiger partial charge in [0.1, 0.15) is 11.3 Å². The molecule has 184 valence electrons. The molecule has 1 aliphatic heterocycles. The van der Waals surface area contributed by atoms with Crippen LogP contribution in [0.5, 0.6) is 23.0 Å². The van der Waals surface area contributed by atoms with Crippen molar-refractivity contribution in [3.8, 4) is 51.5 Å². The van der Waals surface area contributed by atoms with Crippen LogP contribution >= 0.6 is 0 Å². The van der Waals surface area contributed by atoms with Crippen LogP contribution in [0.2, 0.25) is 0 Å². The Morgan fingerprint density at radius 3 is 1.97 bits per heavy atom. The fourth-order valence-corrected chi connectivity index (χ4v) is 5.30. The molecule has 0 bridgehead atoms. The molecule has 0 saturated heterocycles. The van der Waals surface area contributed by atoms with Gasteiger partial charge >= 0.3 is 0 Å². The van der Waals surface area contributed by atoms with E-state index < -0.39 is 0 Å². The molecule has 1 aliphatic rings.